The first-order valence-corrected chi connectivity index (χ1v) is 12.3. The Kier molecular flexibility index (Phi) is 8.66. The van der Waals surface area contributed by atoms with E-state index in [1.807, 2.05) is 82.3 Å². The van der Waals surface area contributed by atoms with Crippen LogP contribution in [0.4, 0.5) is 11.5 Å². The average Bonchev–Trinajstić information content (AvgIpc) is 2.90. The summed E-state index contributed by atoms with van der Waals surface area (Å²) in [6, 6.07) is 19.2. The Morgan fingerprint density at radius 3 is 2.46 bits per heavy atom. The van der Waals surface area contributed by atoms with E-state index in [-0.39, 0.29) is 6.61 Å². The van der Waals surface area contributed by atoms with E-state index in [1.165, 1.54) is 0 Å². The average molecular weight is 500 g/mol. The van der Waals surface area contributed by atoms with Crippen molar-refractivity contribution < 1.29 is 14.6 Å². The van der Waals surface area contributed by atoms with E-state index in [2.05, 4.69) is 20.6 Å². The monoisotopic (exact) mass is 499 g/mol. The van der Waals surface area contributed by atoms with Crippen LogP contribution in [0.3, 0.4) is 0 Å². The van der Waals surface area contributed by atoms with Gasteiger partial charge in [0, 0.05) is 42.4 Å². The Balaban J connectivity index is 1.42. The van der Waals surface area contributed by atoms with Crippen LogP contribution < -0.4 is 20.1 Å². The van der Waals surface area contributed by atoms with Crippen molar-refractivity contribution >= 4 is 11.5 Å². The molecule has 37 heavy (non-hydrogen) atoms. The maximum atomic E-state index is 10.0. The fourth-order valence-corrected chi connectivity index (χ4v) is 3.52. The predicted molar refractivity (Wildman–Crippen MR) is 146 cm³/mol. The second kappa shape index (κ2) is 12.3. The van der Waals surface area contributed by atoms with Gasteiger partial charge in [-0.15, -0.1) is 0 Å². The first-order chi connectivity index (χ1) is 17.9. The molecule has 3 N–H and O–H groups in total. The van der Waals surface area contributed by atoms with Gasteiger partial charge < -0.3 is 25.2 Å². The molecule has 0 aliphatic carbocycles. The molecule has 1 atom stereocenters. The molecule has 4 aromatic rings. The summed E-state index contributed by atoms with van der Waals surface area (Å²) in [5.41, 5.74) is 4.25. The molecule has 1 aromatic carbocycles. The van der Waals surface area contributed by atoms with Crippen molar-refractivity contribution in [2.45, 2.75) is 39.8 Å². The van der Waals surface area contributed by atoms with Crippen LogP contribution in [0.2, 0.25) is 0 Å². The number of rotatable bonds is 11. The fourth-order valence-electron chi connectivity index (χ4n) is 3.52. The highest BCUT2D eigenvalue weighted by Gasteiger charge is 2.13. The summed E-state index contributed by atoms with van der Waals surface area (Å²) in [7, 11) is 0. The molecule has 0 aliphatic rings. The van der Waals surface area contributed by atoms with E-state index >= 15 is 0 Å². The van der Waals surface area contributed by atoms with Crippen molar-refractivity contribution in [1.82, 2.24) is 20.3 Å². The lowest BCUT2D eigenvalue weighted by Gasteiger charge is -2.15. The first-order valence-electron chi connectivity index (χ1n) is 12.3. The number of aliphatic hydroxyl groups is 1. The summed E-state index contributed by atoms with van der Waals surface area (Å²) < 4.78 is 11.9. The lowest BCUT2D eigenvalue weighted by molar-refractivity contribution is 0.104. The van der Waals surface area contributed by atoms with Crippen LogP contribution in [-0.4, -0.2) is 45.4 Å². The Morgan fingerprint density at radius 2 is 1.73 bits per heavy atom. The lowest BCUT2D eigenvalue weighted by Crippen LogP contribution is -2.35. The maximum absolute atomic E-state index is 10.0. The van der Waals surface area contributed by atoms with Gasteiger partial charge in [0.15, 0.2) is 5.75 Å². The molecule has 0 spiro atoms. The Morgan fingerprint density at radius 1 is 0.919 bits per heavy atom. The number of hydrogen-bond acceptors (Lipinski definition) is 8. The van der Waals surface area contributed by atoms with E-state index in [1.54, 1.807) is 18.5 Å². The molecule has 0 amide bonds. The van der Waals surface area contributed by atoms with Crippen molar-refractivity contribution in [3.8, 4) is 28.6 Å². The van der Waals surface area contributed by atoms with Crippen molar-refractivity contribution in [3.05, 3.63) is 84.3 Å². The van der Waals surface area contributed by atoms with Gasteiger partial charge in [0.05, 0.1) is 5.69 Å². The van der Waals surface area contributed by atoms with Gasteiger partial charge in [0.1, 0.15) is 35.7 Å². The predicted octanol–water partition coefficient (Wildman–Crippen LogP) is 5.43. The molecular weight excluding hydrogens is 466 g/mol. The normalized spacial score (nSPS) is 11.8. The number of aryl methyl sites for hydroxylation is 2. The first kappa shape index (κ1) is 26.1. The van der Waals surface area contributed by atoms with Crippen LogP contribution in [0.25, 0.3) is 11.4 Å². The molecule has 0 fully saturated rings. The Hall–Kier alpha value is -4.01. The summed E-state index contributed by atoms with van der Waals surface area (Å²) in [6.45, 7) is 8.77. The van der Waals surface area contributed by atoms with Crippen LogP contribution in [0.1, 0.15) is 25.1 Å². The van der Waals surface area contributed by atoms with Gasteiger partial charge >= 0.3 is 0 Å². The number of nitrogens with one attached hydrogen (secondary N) is 2. The number of benzene rings is 1. The van der Waals surface area contributed by atoms with Crippen molar-refractivity contribution in [2.24, 2.45) is 0 Å². The van der Waals surface area contributed by atoms with Gasteiger partial charge in [0.2, 0.25) is 0 Å². The molecule has 1 unspecified atom stereocenters. The highest BCUT2D eigenvalue weighted by atomic mass is 16.5. The summed E-state index contributed by atoms with van der Waals surface area (Å²) in [6.07, 6.45) is 2.86. The molecule has 0 aliphatic heterocycles. The van der Waals surface area contributed by atoms with Crippen molar-refractivity contribution in [3.63, 3.8) is 0 Å². The molecule has 0 saturated carbocycles. The van der Waals surface area contributed by atoms with Gasteiger partial charge in [0.25, 0.3) is 0 Å². The molecule has 0 radical (unpaired) electrons. The summed E-state index contributed by atoms with van der Waals surface area (Å²) in [5.74, 6) is 2.58. The van der Waals surface area contributed by atoms with E-state index in [0.717, 1.165) is 22.6 Å². The lowest BCUT2D eigenvalue weighted by atomic mass is 10.1. The second-order valence-corrected chi connectivity index (χ2v) is 9.11. The topological polar surface area (TPSA) is 101 Å². The zero-order valence-electron chi connectivity index (χ0n) is 21.6. The minimum atomic E-state index is -0.571. The van der Waals surface area contributed by atoms with Crippen LogP contribution in [0, 0.1) is 13.8 Å². The molecule has 8 nitrogen and oxygen atoms in total. The molecule has 0 saturated heterocycles. The van der Waals surface area contributed by atoms with E-state index in [9.17, 15) is 5.11 Å². The zero-order valence-corrected chi connectivity index (χ0v) is 21.6. The van der Waals surface area contributed by atoms with Crippen LogP contribution in [-0.2, 0) is 0 Å². The van der Waals surface area contributed by atoms with Gasteiger partial charge in [-0.1, -0.05) is 19.9 Å². The number of ether oxygens (including phenoxy) is 2. The fraction of sp³-hybridized carbons (Fsp3) is 0.276. The van der Waals surface area contributed by atoms with Crippen LogP contribution >= 0.6 is 0 Å². The molecule has 0 bridgehead atoms. The van der Waals surface area contributed by atoms with Crippen molar-refractivity contribution in [1.29, 1.82) is 0 Å². The van der Waals surface area contributed by atoms with Crippen LogP contribution in [0.5, 0.6) is 17.2 Å². The van der Waals surface area contributed by atoms with E-state index in [4.69, 9.17) is 14.5 Å². The third kappa shape index (κ3) is 7.49. The van der Waals surface area contributed by atoms with Gasteiger partial charge in [-0.2, -0.15) is 0 Å². The Bertz CT molecular complexity index is 1300. The zero-order chi connectivity index (χ0) is 26.2. The minimum absolute atomic E-state index is 0.223. The minimum Gasteiger partial charge on any atom is -0.491 e. The quantitative estimate of drug-likeness (QED) is 0.251. The smallest absolute Gasteiger partial charge is 0.155 e. The third-order valence-electron chi connectivity index (χ3n) is 5.63. The molecule has 4 rings (SSSR count). The summed E-state index contributed by atoms with van der Waals surface area (Å²) in [4.78, 5) is 13.6. The third-order valence-corrected chi connectivity index (χ3v) is 5.63. The highest BCUT2D eigenvalue weighted by Crippen LogP contribution is 2.33. The molecule has 192 valence electrons. The number of aliphatic hydroxyl groups excluding tert-OH is 1. The number of pyridine rings is 3. The number of aromatic nitrogens is 3. The van der Waals surface area contributed by atoms with Gasteiger partial charge in [-0.3, -0.25) is 4.98 Å². The molecule has 3 heterocycles. The Labute approximate surface area is 217 Å². The largest absolute Gasteiger partial charge is 0.491 e. The number of nitrogens with zero attached hydrogens (tertiary/aromatic N) is 3. The summed E-state index contributed by atoms with van der Waals surface area (Å²) in [5, 5.41) is 16.5. The van der Waals surface area contributed by atoms with Gasteiger partial charge in [-0.25, -0.2) is 9.97 Å². The number of anilines is 2. The highest BCUT2D eigenvalue weighted by molar-refractivity contribution is 5.65. The standard InChI is InChI=1S/C29H33N5O3/c1-19(2)32-17-23(35)18-36-24-10-8-22(9-11-24)34-28-16-25(12-14-31-28)37-27-15-20(3)21(4)33-29(27)26-7-5-6-13-30-26/h5-16,19,23,32,35H,17-18H2,1-4H3,(H,31,34). The number of hydrogen-bond donors (Lipinski definition) is 3. The summed E-state index contributed by atoms with van der Waals surface area (Å²) >= 11 is 0. The van der Waals surface area contributed by atoms with E-state index < -0.39 is 6.10 Å². The second-order valence-electron chi connectivity index (χ2n) is 9.11. The maximum Gasteiger partial charge on any atom is 0.155 e. The van der Waals surface area contributed by atoms with Crippen LogP contribution in [0.15, 0.2) is 73.1 Å². The van der Waals surface area contributed by atoms with Gasteiger partial charge in [-0.05, 0) is 67.9 Å². The SMILES string of the molecule is Cc1cc(Oc2ccnc(Nc3ccc(OCC(O)CNC(C)C)cc3)c2)c(-c2ccccn2)nc1C. The molecular formula is C29H33N5O3. The van der Waals surface area contributed by atoms with Crippen molar-refractivity contribution in [2.75, 3.05) is 18.5 Å². The molecule has 8 heteroatoms. The van der Waals surface area contributed by atoms with E-state index in [0.29, 0.717) is 41.3 Å². The molecule has 3 aromatic heterocycles.